The standard InChI is InChI=1S/C17H31N3O/c1-11(2)10-21-17-15(18)7-8-16(20-17)19-9-14(12(3)4)13(5)6/h7-8,11-14H,9-10,18H2,1-6H3,(H,19,20). The van der Waals surface area contributed by atoms with Crippen LogP contribution in [0.25, 0.3) is 0 Å². The lowest BCUT2D eigenvalue weighted by atomic mass is 9.85. The fourth-order valence-electron chi connectivity index (χ4n) is 2.37. The van der Waals surface area contributed by atoms with E-state index in [0.717, 1.165) is 12.4 Å². The number of ether oxygens (including phenoxy) is 1. The smallest absolute Gasteiger partial charge is 0.239 e. The fourth-order valence-corrected chi connectivity index (χ4v) is 2.37. The lowest BCUT2D eigenvalue weighted by Gasteiger charge is -2.25. The SMILES string of the molecule is CC(C)COc1nc(NCC(C(C)C)C(C)C)ccc1N. The molecule has 0 spiro atoms. The number of nitrogens with zero attached hydrogens (tertiary/aromatic N) is 1. The first-order valence-electron chi connectivity index (χ1n) is 7.94. The molecule has 0 saturated carbocycles. The second-order valence-electron chi connectivity index (χ2n) is 6.83. The van der Waals surface area contributed by atoms with Crippen LogP contribution in [0.4, 0.5) is 11.5 Å². The molecule has 4 heteroatoms. The molecule has 1 aromatic heterocycles. The number of hydrogen-bond donors (Lipinski definition) is 2. The van der Waals surface area contributed by atoms with E-state index in [4.69, 9.17) is 10.5 Å². The van der Waals surface area contributed by atoms with E-state index in [1.807, 2.05) is 12.1 Å². The summed E-state index contributed by atoms with van der Waals surface area (Å²) in [5.41, 5.74) is 6.50. The Bertz CT molecular complexity index is 422. The molecule has 0 unspecified atom stereocenters. The van der Waals surface area contributed by atoms with Gasteiger partial charge in [-0.05, 0) is 35.8 Å². The molecule has 0 aliphatic heterocycles. The Hall–Kier alpha value is -1.45. The van der Waals surface area contributed by atoms with Crippen LogP contribution >= 0.6 is 0 Å². The summed E-state index contributed by atoms with van der Waals surface area (Å²) in [5.74, 6) is 3.71. The predicted molar refractivity (Wildman–Crippen MR) is 90.6 cm³/mol. The van der Waals surface area contributed by atoms with Gasteiger partial charge in [0.2, 0.25) is 5.88 Å². The van der Waals surface area contributed by atoms with Gasteiger partial charge in [0, 0.05) is 6.54 Å². The van der Waals surface area contributed by atoms with Gasteiger partial charge in [-0.25, -0.2) is 0 Å². The fraction of sp³-hybridized carbons (Fsp3) is 0.706. The average Bonchev–Trinajstić information content (AvgIpc) is 2.38. The van der Waals surface area contributed by atoms with Gasteiger partial charge in [-0.3, -0.25) is 0 Å². The Kier molecular flexibility index (Phi) is 6.79. The van der Waals surface area contributed by atoms with E-state index in [2.05, 4.69) is 51.8 Å². The second kappa shape index (κ2) is 8.11. The van der Waals surface area contributed by atoms with E-state index in [0.29, 0.717) is 41.8 Å². The number of nitrogen functional groups attached to an aromatic ring is 1. The van der Waals surface area contributed by atoms with Crippen molar-refractivity contribution in [2.75, 3.05) is 24.2 Å². The summed E-state index contributed by atoms with van der Waals surface area (Å²) >= 11 is 0. The van der Waals surface area contributed by atoms with Crippen LogP contribution < -0.4 is 15.8 Å². The first-order valence-corrected chi connectivity index (χ1v) is 7.94. The molecule has 0 aliphatic rings. The van der Waals surface area contributed by atoms with E-state index >= 15 is 0 Å². The number of aromatic nitrogens is 1. The zero-order valence-corrected chi connectivity index (χ0v) is 14.3. The van der Waals surface area contributed by atoms with Crippen molar-refractivity contribution in [2.24, 2.45) is 23.7 Å². The number of rotatable bonds is 8. The van der Waals surface area contributed by atoms with Crippen LogP contribution in [0.15, 0.2) is 12.1 Å². The molecule has 0 saturated heterocycles. The number of hydrogen-bond acceptors (Lipinski definition) is 4. The minimum atomic E-state index is 0.453. The quantitative estimate of drug-likeness (QED) is 0.759. The van der Waals surface area contributed by atoms with Crippen LogP contribution in [-0.4, -0.2) is 18.1 Å². The molecule has 1 aromatic rings. The Morgan fingerprint density at radius 1 is 1.10 bits per heavy atom. The van der Waals surface area contributed by atoms with Crippen LogP contribution in [0.2, 0.25) is 0 Å². The van der Waals surface area contributed by atoms with Gasteiger partial charge in [0.1, 0.15) is 5.82 Å². The maximum atomic E-state index is 5.91. The summed E-state index contributed by atoms with van der Waals surface area (Å²) in [6, 6.07) is 3.76. The topological polar surface area (TPSA) is 60.2 Å². The zero-order chi connectivity index (χ0) is 16.0. The van der Waals surface area contributed by atoms with Crippen molar-refractivity contribution in [1.29, 1.82) is 0 Å². The van der Waals surface area contributed by atoms with Crippen LogP contribution in [0.5, 0.6) is 5.88 Å². The van der Waals surface area contributed by atoms with E-state index in [1.165, 1.54) is 0 Å². The second-order valence-corrected chi connectivity index (χ2v) is 6.83. The van der Waals surface area contributed by atoms with Crippen molar-refractivity contribution in [3.63, 3.8) is 0 Å². The maximum absolute atomic E-state index is 5.91. The normalized spacial score (nSPS) is 11.7. The molecule has 3 N–H and O–H groups in total. The molecule has 0 aliphatic carbocycles. The van der Waals surface area contributed by atoms with Gasteiger partial charge in [-0.15, -0.1) is 0 Å². The number of nitrogens with one attached hydrogen (secondary N) is 1. The highest BCUT2D eigenvalue weighted by Gasteiger charge is 2.17. The Labute approximate surface area is 129 Å². The highest BCUT2D eigenvalue weighted by Crippen LogP contribution is 2.24. The molecule has 0 bridgehead atoms. The van der Waals surface area contributed by atoms with Crippen molar-refractivity contribution in [3.8, 4) is 5.88 Å². The number of nitrogens with two attached hydrogens (primary N) is 1. The van der Waals surface area contributed by atoms with Gasteiger partial charge in [0.25, 0.3) is 0 Å². The van der Waals surface area contributed by atoms with Gasteiger partial charge in [0.05, 0.1) is 12.3 Å². The highest BCUT2D eigenvalue weighted by molar-refractivity contribution is 5.53. The molecule has 0 atom stereocenters. The molecular formula is C17H31N3O. The molecule has 0 amide bonds. The molecule has 1 heterocycles. The predicted octanol–water partition coefficient (Wildman–Crippen LogP) is 4.04. The summed E-state index contributed by atoms with van der Waals surface area (Å²) in [4.78, 5) is 4.48. The lowest BCUT2D eigenvalue weighted by molar-refractivity contribution is 0.263. The first-order chi connectivity index (χ1) is 9.81. The molecule has 0 radical (unpaired) electrons. The minimum Gasteiger partial charge on any atom is -0.476 e. The molecule has 0 fully saturated rings. The third kappa shape index (κ3) is 5.82. The van der Waals surface area contributed by atoms with Crippen molar-refractivity contribution in [2.45, 2.75) is 41.5 Å². The maximum Gasteiger partial charge on any atom is 0.239 e. The van der Waals surface area contributed by atoms with Crippen LogP contribution in [0.1, 0.15) is 41.5 Å². The summed E-state index contributed by atoms with van der Waals surface area (Å²) in [7, 11) is 0. The Morgan fingerprint density at radius 3 is 2.24 bits per heavy atom. The lowest BCUT2D eigenvalue weighted by Crippen LogP contribution is -2.24. The summed E-state index contributed by atoms with van der Waals surface area (Å²) in [5, 5.41) is 3.42. The zero-order valence-electron chi connectivity index (χ0n) is 14.3. The summed E-state index contributed by atoms with van der Waals surface area (Å²) < 4.78 is 5.66. The average molecular weight is 293 g/mol. The van der Waals surface area contributed by atoms with E-state index in [-0.39, 0.29) is 0 Å². The molecule has 0 aromatic carbocycles. The van der Waals surface area contributed by atoms with Crippen molar-refractivity contribution >= 4 is 11.5 Å². The monoisotopic (exact) mass is 293 g/mol. The van der Waals surface area contributed by atoms with Crippen molar-refractivity contribution in [1.82, 2.24) is 4.98 Å². The van der Waals surface area contributed by atoms with Gasteiger partial charge in [-0.1, -0.05) is 41.5 Å². The molecule has 4 nitrogen and oxygen atoms in total. The van der Waals surface area contributed by atoms with Crippen LogP contribution in [0, 0.1) is 23.7 Å². The van der Waals surface area contributed by atoms with Crippen LogP contribution in [-0.2, 0) is 0 Å². The third-order valence-electron chi connectivity index (χ3n) is 3.67. The molecule has 1 rings (SSSR count). The van der Waals surface area contributed by atoms with Crippen molar-refractivity contribution in [3.05, 3.63) is 12.1 Å². The molecule has 120 valence electrons. The summed E-state index contributed by atoms with van der Waals surface area (Å²) in [6.45, 7) is 14.8. The third-order valence-corrected chi connectivity index (χ3v) is 3.67. The van der Waals surface area contributed by atoms with E-state index in [1.54, 1.807) is 0 Å². The van der Waals surface area contributed by atoms with E-state index in [9.17, 15) is 0 Å². The minimum absolute atomic E-state index is 0.453. The Balaban J connectivity index is 2.69. The van der Waals surface area contributed by atoms with Gasteiger partial charge < -0.3 is 15.8 Å². The van der Waals surface area contributed by atoms with Gasteiger partial charge >= 0.3 is 0 Å². The first kappa shape index (κ1) is 17.6. The highest BCUT2D eigenvalue weighted by atomic mass is 16.5. The Morgan fingerprint density at radius 2 is 1.71 bits per heavy atom. The largest absolute Gasteiger partial charge is 0.476 e. The number of pyridine rings is 1. The van der Waals surface area contributed by atoms with Gasteiger partial charge in [-0.2, -0.15) is 4.98 Å². The summed E-state index contributed by atoms with van der Waals surface area (Å²) in [6.07, 6.45) is 0. The molecular weight excluding hydrogens is 262 g/mol. The molecule has 21 heavy (non-hydrogen) atoms. The van der Waals surface area contributed by atoms with E-state index < -0.39 is 0 Å². The van der Waals surface area contributed by atoms with Gasteiger partial charge in [0.15, 0.2) is 0 Å². The van der Waals surface area contributed by atoms with Crippen molar-refractivity contribution < 1.29 is 4.74 Å². The van der Waals surface area contributed by atoms with Crippen LogP contribution in [0.3, 0.4) is 0 Å². The number of anilines is 2.